The SMILES string of the molecule is Cn1c(SN)cc(=O)n(C)c1=O. The van der Waals surface area contributed by atoms with Crippen molar-refractivity contribution in [3.05, 3.63) is 26.9 Å². The van der Waals surface area contributed by atoms with Gasteiger partial charge in [0, 0.05) is 20.2 Å². The van der Waals surface area contributed by atoms with Crippen LogP contribution in [0, 0.1) is 0 Å². The van der Waals surface area contributed by atoms with Gasteiger partial charge >= 0.3 is 5.69 Å². The Bertz CT molecular complexity index is 406. The first-order chi connectivity index (χ1) is 5.57. The standard InChI is InChI=1S/C6H9N3O2S/c1-8-4(10)3-5(12-7)9(2)6(8)11/h3H,7H2,1-2H3. The number of rotatable bonds is 1. The highest BCUT2D eigenvalue weighted by molar-refractivity contribution is 7.97. The minimum absolute atomic E-state index is 0.342. The number of nitrogens with two attached hydrogens (primary N) is 1. The third-order valence-corrected chi connectivity index (χ3v) is 2.24. The Morgan fingerprint density at radius 1 is 1.33 bits per heavy atom. The number of aromatic nitrogens is 2. The molecule has 0 amide bonds. The molecule has 0 bridgehead atoms. The smallest absolute Gasteiger partial charge is 0.290 e. The summed E-state index contributed by atoms with van der Waals surface area (Å²) in [5.41, 5.74) is -0.707. The Labute approximate surface area is 72.9 Å². The lowest BCUT2D eigenvalue weighted by Gasteiger charge is -2.04. The highest BCUT2D eigenvalue weighted by atomic mass is 32.2. The molecule has 1 heterocycles. The summed E-state index contributed by atoms with van der Waals surface area (Å²) in [7, 11) is 2.99. The van der Waals surface area contributed by atoms with E-state index in [4.69, 9.17) is 5.14 Å². The van der Waals surface area contributed by atoms with Crippen molar-refractivity contribution in [2.24, 2.45) is 19.2 Å². The zero-order valence-electron chi connectivity index (χ0n) is 6.77. The van der Waals surface area contributed by atoms with Crippen LogP contribution in [0.3, 0.4) is 0 Å². The fraction of sp³-hybridized carbons (Fsp3) is 0.333. The minimum atomic E-state index is -0.365. The summed E-state index contributed by atoms with van der Waals surface area (Å²) in [6.45, 7) is 0. The molecule has 0 aliphatic rings. The van der Waals surface area contributed by atoms with Gasteiger partial charge in [-0.25, -0.2) is 4.79 Å². The molecule has 2 N–H and O–H groups in total. The fourth-order valence-corrected chi connectivity index (χ4v) is 1.23. The van der Waals surface area contributed by atoms with Gasteiger partial charge in [0.2, 0.25) is 0 Å². The highest BCUT2D eigenvalue weighted by Gasteiger charge is 2.03. The number of hydrogen-bond donors (Lipinski definition) is 1. The summed E-state index contributed by atoms with van der Waals surface area (Å²) < 4.78 is 2.35. The van der Waals surface area contributed by atoms with E-state index in [1.165, 1.54) is 17.7 Å². The molecular weight excluding hydrogens is 178 g/mol. The first-order valence-corrected chi connectivity index (χ1v) is 4.09. The van der Waals surface area contributed by atoms with Crippen molar-refractivity contribution >= 4 is 11.9 Å². The first kappa shape index (κ1) is 9.08. The Morgan fingerprint density at radius 2 is 1.92 bits per heavy atom. The van der Waals surface area contributed by atoms with Crippen LogP contribution in [0.5, 0.6) is 0 Å². The van der Waals surface area contributed by atoms with E-state index in [1.54, 1.807) is 7.05 Å². The van der Waals surface area contributed by atoms with Gasteiger partial charge in [0.1, 0.15) is 0 Å². The first-order valence-electron chi connectivity index (χ1n) is 3.21. The zero-order chi connectivity index (χ0) is 9.30. The molecular formula is C6H9N3O2S. The molecule has 0 saturated heterocycles. The second kappa shape index (κ2) is 3.16. The monoisotopic (exact) mass is 187 g/mol. The number of nitrogens with zero attached hydrogens (tertiary/aromatic N) is 2. The largest absolute Gasteiger partial charge is 0.331 e. The van der Waals surface area contributed by atoms with Gasteiger partial charge < -0.3 is 0 Å². The van der Waals surface area contributed by atoms with Crippen LogP contribution < -0.4 is 16.4 Å². The van der Waals surface area contributed by atoms with E-state index in [9.17, 15) is 9.59 Å². The predicted molar refractivity (Wildman–Crippen MR) is 47.0 cm³/mol. The molecule has 1 aromatic rings. The van der Waals surface area contributed by atoms with E-state index in [2.05, 4.69) is 0 Å². The van der Waals surface area contributed by atoms with Crippen molar-refractivity contribution in [2.45, 2.75) is 5.03 Å². The predicted octanol–water partition coefficient (Wildman–Crippen LogP) is -0.950. The van der Waals surface area contributed by atoms with E-state index in [0.29, 0.717) is 5.03 Å². The Hall–Kier alpha value is -1.01. The van der Waals surface area contributed by atoms with Crippen LogP contribution in [0.4, 0.5) is 0 Å². The molecule has 1 aromatic heterocycles. The lowest BCUT2D eigenvalue weighted by molar-refractivity contribution is 0.636. The summed E-state index contributed by atoms with van der Waals surface area (Å²) in [6.07, 6.45) is 0. The second-order valence-electron chi connectivity index (χ2n) is 2.34. The molecule has 6 heteroatoms. The maximum Gasteiger partial charge on any atom is 0.331 e. The van der Waals surface area contributed by atoms with Gasteiger partial charge in [-0.05, 0) is 11.9 Å². The third-order valence-electron chi connectivity index (χ3n) is 1.60. The second-order valence-corrected chi connectivity index (χ2v) is 2.99. The summed E-state index contributed by atoms with van der Waals surface area (Å²) in [5.74, 6) is 0. The molecule has 0 saturated carbocycles. The molecule has 5 nitrogen and oxygen atoms in total. The van der Waals surface area contributed by atoms with E-state index < -0.39 is 0 Å². The van der Waals surface area contributed by atoms with Crippen molar-refractivity contribution in [1.29, 1.82) is 0 Å². The van der Waals surface area contributed by atoms with Gasteiger partial charge in [-0.1, -0.05) is 0 Å². The van der Waals surface area contributed by atoms with E-state index in [0.717, 1.165) is 16.5 Å². The molecule has 66 valence electrons. The quantitative estimate of drug-likeness (QED) is 0.454. The Morgan fingerprint density at radius 3 is 2.42 bits per heavy atom. The average Bonchev–Trinajstić information content (AvgIpc) is 2.08. The van der Waals surface area contributed by atoms with Crippen LogP contribution in [0.25, 0.3) is 0 Å². The van der Waals surface area contributed by atoms with E-state index >= 15 is 0 Å². The van der Waals surface area contributed by atoms with E-state index in [1.807, 2.05) is 0 Å². The summed E-state index contributed by atoms with van der Waals surface area (Å²) >= 11 is 0.882. The van der Waals surface area contributed by atoms with Crippen LogP contribution in [0.2, 0.25) is 0 Å². The third kappa shape index (κ3) is 1.30. The molecule has 0 aliphatic heterocycles. The zero-order valence-corrected chi connectivity index (χ0v) is 7.59. The Balaban J connectivity index is 3.61. The van der Waals surface area contributed by atoms with Gasteiger partial charge in [-0.15, -0.1) is 0 Å². The summed E-state index contributed by atoms with van der Waals surface area (Å²) in [6, 6.07) is 1.33. The van der Waals surface area contributed by atoms with E-state index in [-0.39, 0.29) is 11.2 Å². The lowest BCUT2D eigenvalue weighted by atomic mass is 10.6. The molecule has 0 atom stereocenters. The van der Waals surface area contributed by atoms with Crippen LogP contribution in [0.1, 0.15) is 0 Å². The fourth-order valence-electron chi connectivity index (χ4n) is 0.826. The number of hydrogen-bond acceptors (Lipinski definition) is 4. The van der Waals surface area contributed by atoms with Gasteiger partial charge in [-0.3, -0.25) is 19.1 Å². The molecule has 0 aromatic carbocycles. The molecule has 0 spiro atoms. The van der Waals surface area contributed by atoms with Crippen LogP contribution in [0.15, 0.2) is 20.7 Å². The molecule has 1 rings (SSSR count). The van der Waals surface area contributed by atoms with Crippen molar-refractivity contribution in [2.75, 3.05) is 0 Å². The van der Waals surface area contributed by atoms with Gasteiger partial charge in [0.25, 0.3) is 5.56 Å². The van der Waals surface area contributed by atoms with Crippen molar-refractivity contribution < 1.29 is 0 Å². The van der Waals surface area contributed by atoms with Crippen LogP contribution in [-0.2, 0) is 14.1 Å². The highest BCUT2D eigenvalue weighted by Crippen LogP contribution is 2.03. The topological polar surface area (TPSA) is 70.0 Å². The van der Waals surface area contributed by atoms with Gasteiger partial charge in [0.05, 0.1) is 5.03 Å². The maximum atomic E-state index is 11.2. The van der Waals surface area contributed by atoms with Crippen LogP contribution >= 0.6 is 11.9 Å². The maximum absolute atomic E-state index is 11.2. The Kier molecular flexibility index (Phi) is 2.39. The van der Waals surface area contributed by atoms with Crippen molar-refractivity contribution in [3.8, 4) is 0 Å². The summed E-state index contributed by atoms with van der Waals surface area (Å²) in [5, 5.41) is 5.71. The molecule has 0 radical (unpaired) electrons. The van der Waals surface area contributed by atoms with Gasteiger partial charge in [-0.2, -0.15) is 0 Å². The normalized spacial score (nSPS) is 10.2. The molecule has 12 heavy (non-hydrogen) atoms. The molecule has 0 aliphatic carbocycles. The minimum Gasteiger partial charge on any atom is -0.290 e. The average molecular weight is 187 g/mol. The molecule has 0 fully saturated rings. The van der Waals surface area contributed by atoms with Crippen molar-refractivity contribution in [3.63, 3.8) is 0 Å². The summed E-state index contributed by atoms with van der Waals surface area (Å²) in [4.78, 5) is 22.3. The van der Waals surface area contributed by atoms with Gasteiger partial charge in [0.15, 0.2) is 0 Å². The van der Waals surface area contributed by atoms with Crippen LogP contribution in [-0.4, -0.2) is 9.13 Å². The van der Waals surface area contributed by atoms with Crippen molar-refractivity contribution in [1.82, 2.24) is 9.13 Å². The molecule has 0 unspecified atom stereocenters. The lowest BCUT2D eigenvalue weighted by Crippen LogP contribution is -2.37.